The summed E-state index contributed by atoms with van der Waals surface area (Å²) in [5.74, 6) is 0. The van der Waals surface area contributed by atoms with E-state index >= 15 is 0 Å². The first-order chi connectivity index (χ1) is 6.20. The molecular formula is C11H13NS. The van der Waals surface area contributed by atoms with E-state index in [0.29, 0.717) is 0 Å². The molecule has 1 aromatic heterocycles. The molecule has 2 N–H and O–H groups in total. The van der Waals surface area contributed by atoms with Crippen molar-refractivity contribution in [2.45, 2.75) is 20.3 Å². The Morgan fingerprint density at radius 2 is 2.08 bits per heavy atom. The van der Waals surface area contributed by atoms with Crippen molar-refractivity contribution in [1.29, 1.82) is 0 Å². The quantitative estimate of drug-likeness (QED) is 0.735. The van der Waals surface area contributed by atoms with E-state index in [1.165, 1.54) is 21.2 Å². The van der Waals surface area contributed by atoms with E-state index in [-0.39, 0.29) is 0 Å². The molecule has 0 saturated carbocycles. The lowest BCUT2D eigenvalue weighted by atomic mass is 10.0. The first-order valence-electron chi connectivity index (χ1n) is 4.49. The Labute approximate surface area is 82.2 Å². The summed E-state index contributed by atoms with van der Waals surface area (Å²) in [5.41, 5.74) is 8.54. The standard InChI is InChI=1S/C11H13NS/c1-3-8-5-9-6-11(12)13-10(9)4-7(8)2/h4-6H,3,12H2,1-2H3. The zero-order valence-electron chi connectivity index (χ0n) is 7.92. The number of hydrogen-bond donors (Lipinski definition) is 1. The third-order valence-electron chi connectivity index (χ3n) is 2.37. The molecule has 1 heterocycles. The second-order valence-corrected chi connectivity index (χ2v) is 4.43. The minimum atomic E-state index is 0.905. The van der Waals surface area contributed by atoms with E-state index in [1.807, 2.05) is 0 Å². The highest BCUT2D eigenvalue weighted by molar-refractivity contribution is 7.22. The lowest BCUT2D eigenvalue weighted by Crippen LogP contribution is -1.84. The Morgan fingerprint density at radius 1 is 1.31 bits per heavy atom. The molecule has 0 bridgehead atoms. The fourth-order valence-electron chi connectivity index (χ4n) is 1.64. The molecule has 2 heteroatoms. The molecule has 68 valence electrons. The summed E-state index contributed by atoms with van der Waals surface area (Å²) >= 11 is 1.66. The summed E-state index contributed by atoms with van der Waals surface area (Å²) in [6.45, 7) is 4.35. The molecule has 0 unspecified atom stereocenters. The Hall–Kier alpha value is -1.02. The molecule has 0 aliphatic rings. The highest BCUT2D eigenvalue weighted by Crippen LogP contribution is 2.29. The maximum atomic E-state index is 5.75. The molecule has 0 aliphatic carbocycles. The number of nitrogens with two attached hydrogens (primary N) is 1. The predicted octanol–water partition coefficient (Wildman–Crippen LogP) is 3.35. The molecule has 0 atom stereocenters. The summed E-state index contributed by atoms with van der Waals surface area (Å²) in [5, 5.41) is 2.19. The van der Waals surface area contributed by atoms with Crippen LogP contribution in [0.1, 0.15) is 18.1 Å². The fourth-order valence-corrected chi connectivity index (χ4v) is 2.55. The van der Waals surface area contributed by atoms with Crippen molar-refractivity contribution in [3.8, 4) is 0 Å². The van der Waals surface area contributed by atoms with Crippen LogP contribution in [-0.2, 0) is 6.42 Å². The summed E-state index contributed by atoms with van der Waals surface area (Å²) < 4.78 is 1.30. The molecule has 2 aromatic rings. The Morgan fingerprint density at radius 3 is 2.77 bits per heavy atom. The smallest absolute Gasteiger partial charge is 0.0868 e. The van der Waals surface area contributed by atoms with E-state index in [0.717, 1.165) is 11.4 Å². The highest BCUT2D eigenvalue weighted by Gasteiger charge is 2.02. The van der Waals surface area contributed by atoms with Crippen LogP contribution in [0.25, 0.3) is 10.1 Å². The number of nitrogen functional groups attached to an aromatic ring is 1. The monoisotopic (exact) mass is 191 g/mol. The van der Waals surface area contributed by atoms with Crippen LogP contribution in [-0.4, -0.2) is 0 Å². The van der Waals surface area contributed by atoms with E-state index in [1.54, 1.807) is 11.3 Å². The van der Waals surface area contributed by atoms with Crippen molar-refractivity contribution in [3.63, 3.8) is 0 Å². The van der Waals surface area contributed by atoms with Gasteiger partial charge in [-0.3, -0.25) is 0 Å². The maximum absolute atomic E-state index is 5.75. The normalized spacial score (nSPS) is 10.9. The lowest BCUT2D eigenvalue weighted by Gasteiger charge is -2.01. The van der Waals surface area contributed by atoms with Gasteiger partial charge in [-0.1, -0.05) is 6.92 Å². The number of hydrogen-bond acceptors (Lipinski definition) is 2. The average Bonchev–Trinajstić information content (AvgIpc) is 2.42. The van der Waals surface area contributed by atoms with Crippen LogP contribution in [0.2, 0.25) is 0 Å². The molecule has 0 spiro atoms. The molecule has 0 amide bonds. The van der Waals surface area contributed by atoms with Crippen molar-refractivity contribution in [1.82, 2.24) is 0 Å². The van der Waals surface area contributed by atoms with Crippen LogP contribution in [0.4, 0.5) is 5.00 Å². The van der Waals surface area contributed by atoms with Crippen LogP contribution in [0, 0.1) is 6.92 Å². The van der Waals surface area contributed by atoms with Gasteiger partial charge >= 0.3 is 0 Å². The Bertz CT molecular complexity index is 443. The van der Waals surface area contributed by atoms with E-state index in [2.05, 4.69) is 32.0 Å². The predicted molar refractivity (Wildman–Crippen MR) is 60.4 cm³/mol. The van der Waals surface area contributed by atoms with Gasteiger partial charge in [0, 0.05) is 4.70 Å². The number of rotatable bonds is 1. The number of aryl methyl sites for hydroxylation is 2. The van der Waals surface area contributed by atoms with Crippen LogP contribution >= 0.6 is 11.3 Å². The van der Waals surface area contributed by atoms with Gasteiger partial charge in [0.1, 0.15) is 0 Å². The fraction of sp³-hybridized carbons (Fsp3) is 0.273. The molecule has 1 nitrogen and oxygen atoms in total. The second-order valence-electron chi connectivity index (χ2n) is 3.32. The summed E-state index contributed by atoms with van der Waals surface area (Å²) in [6, 6.07) is 6.53. The summed E-state index contributed by atoms with van der Waals surface area (Å²) in [6.07, 6.45) is 1.09. The zero-order chi connectivity index (χ0) is 9.42. The first-order valence-corrected chi connectivity index (χ1v) is 5.31. The van der Waals surface area contributed by atoms with Crippen molar-refractivity contribution in [2.75, 3.05) is 5.73 Å². The van der Waals surface area contributed by atoms with Crippen molar-refractivity contribution < 1.29 is 0 Å². The molecule has 13 heavy (non-hydrogen) atoms. The van der Waals surface area contributed by atoms with Crippen molar-refractivity contribution in [2.24, 2.45) is 0 Å². The van der Waals surface area contributed by atoms with Gasteiger partial charge in [-0.25, -0.2) is 0 Å². The van der Waals surface area contributed by atoms with Crippen LogP contribution < -0.4 is 5.73 Å². The van der Waals surface area contributed by atoms with Gasteiger partial charge in [0.25, 0.3) is 0 Å². The van der Waals surface area contributed by atoms with Gasteiger partial charge in [0.15, 0.2) is 0 Å². The van der Waals surface area contributed by atoms with Gasteiger partial charge in [-0.2, -0.15) is 0 Å². The highest BCUT2D eigenvalue weighted by atomic mass is 32.1. The van der Waals surface area contributed by atoms with Gasteiger partial charge in [0.05, 0.1) is 5.00 Å². The van der Waals surface area contributed by atoms with Gasteiger partial charge in [0.2, 0.25) is 0 Å². The number of anilines is 1. The van der Waals surface area contributed by atoms with Crippen LogP contribution in [0.15, 0.2) is 18.2 Å². The summed E-state index contributed by atoms with van der Waals surface area (Å²) in [7, 11) is 0. The first kappa shape index (κ1) is 8.57. The molecule has 0 saturated heterocycles. The van der Waals surface area contributed by atoms with Crippen LogP contribution in [0.5, 0.6) is 0 Å². The molecular weight excluding hydrogens is 178 g/mol. The SMILES string of the molecule is CCc1cc2cc(N)sc2cc1C. The van der Waals surface area contributed by atoms with E-state index in [4.69, 9.17) is 5.73 Å². The molecule has 1 aromatic carbocycles. The van der Waals surface area contributed by atoms with Gasteiger partial charge in [-0.05, 0) is 48.1 Å². The minimum absolute atomic E-state index is 0.905. The maximum Gasteiger partial charge on any atom is 0.0868 e. The minimum Gasteiger partial charge on any atom is -0.391 e. The van der Waals surface area contributed by atoms with Crippen LogP contribution in [0.3, 0.4) is 0 Å². The average molecular weight is 191 g/mol. The number of thiophene rings is 1. The van der Waals surface area contributed by atoms with E-state index < -0.39 is 0 Å². The number of fused-ring (bicyclic) bond motifs is 1. The van der Waals surface area contributed by atoms with Gasteiger partial charge < -0.3 is 5.73 Å². The third kappa shape index (κ3) is 1.42. The molecule has 0 radical (unpaired) electrons. The number of benzene rings is 1. The lowest BCUT2D eigenvalue weighted by molar-refractivity contribution is 1.12. The Balaban J connectivity index is 2.72. The molecule has 0 aliphatic heterocycles. The topological polar surface area (TPSA) is 26.0 Å². The van der Waals surface area contributed by atoms with Crippen molar-refractivity contribution >= 4 is 26.4 Å². The largest absolute Gasteiger partial charge is 0.391 e. The Kier molecular flexibility index (Phi) is 2.00. The van der Waals surface area contributed by atoms with Gasteiger partial charge in [-0.15, -0.1) is 11.3 Å². The zero-order valence-corrected chi connectivity index (χ0v) is 8.74. The van der Waals surface area contributed by atoms with Crippen molar-refractivity contribution in [3.05, 3.63) is 29.3 Å². The summed E-state index contributed by atoms with van der Waals surface area (Å²) in [4.78, 5) is 0. The van der Waals surface area contributed by atoms with E-state index in [9.17, 15) is 0 Å². The molecule has 0 fully saturated rings. The second kappa shape index (κ2) is 3.04. The third-order valence-corrected chi connectivity index (χ3v) is 3.30. The molecule has 2 rings (SSSR count).